The van der Waals surface area contributed by atoms with Crippen molar-refractivity contribution >= 4 is 44.8 Å². The van der Waals surface area contributed by atoms with Crippen LogP contribution >= 0.6 is 23.2 Å². The highest BCUT2D eigenvalue weighted by Crippen LogP contribution is 2.30. The van der Waals surface area contributed by atoms with Crippen molar-refractivity contribution in [3.05, 3.63) is 87.7 Å². The first kappa shape index (κ1) is 37.9. The van der Waals surface area contributed by atoms with Crippen LogP contribution < -0.4 is 9.46 Å². The van der Waals surface area contributed by atoms with Gasteiger partial charge in [-0.05, 0) is 100 Å². The molecule has 9 nitrogen and oxygen atoms in total. The van der Waals surface area contributed by atoms with Crippen LogP contribution in [0.5, 0.6) is 5.75 Å². The van der Waals surface area contributed by atoms with Crippen LogP contribution in [0, 0.1) is 11.7 Å². The van der Waals surface area contributed by atoms with Gasteiger partial charge in [0, 0.05) is 37.8 Å². The van der Waals surface area contributed by atoms with E-state index in [4.69, 9.17) is 32.7 Å². The van der Waals surface area contributed by atoms with E-state index in [9.17, 15) is 22.7 Å². The molecule has 3 aromatic rings. The topological polar surface area (TPSA) is 108 Å². The minimum absolute atomic E-state index is 0.125. The van der Waals surface area contributed by atoms with E-state index >= 15 is 0 Å². The van der Waals surface area contributed by atoms with Gasteiger partial charge in [-0.25, -0.2) is 12.8 Å². The summed E-state index contributed by atoms with van der Waals surface area (Å²) in [6.07, 6.45) is 1.89. The second-order valence-corrected chi connectivity index (χ2v) is 15.0. The number of benzene rings is 3. The maximum atomic E-state index is 14.4. The summed E-state index contributed by atoms with van der Waals surface area (Å²) in [5, 5.41) is 11.2. The van der Waals surface area contributed by atoms with Crippen molar-refractivity contribution in [2.75, 3.05) is 38.1 Å². The number of aliphatic hydroxyl groups excluding tert-OH is 1. The van der Waals surface area contributed by atoms with E-state index < -0.39 is 27.8 Å². The van der Waals surface area contributed by atoms with Crippen molar-refractivity contribution in [2.24, 2.45) is 5.92 Å². The number of nitrogens with one attached hydrogen (secondary N) is 1. The molecule has 0 aliphatic carbocycles. The van der Waals surface area contributed by atoms with E-state index in [-0.39, 0.29) is 47.4 Å². The summed E-state index contributed by atoms with van der Waals surface area (Å²) in [6.45, 7) is 7.38. The Morgan fingerprint density at radius 3 is 2.48 bits per heavy atom. The van der Waals surface area contributed by atoms with Crippen molar-refractivity contribution in [3.63, 3.8) is 0 Å². The van der Waals surface area contributed by atoms with Crippen LogP contribution in [0.4, 0.5) is 10.1 Å². The van der Waals surface area contributed by atoms with E-state index in [0.29, 0.717) is 41.9 Å². The predicted octanol–water partition coefficient (Wildman–Crippen LogP) is 6.86. The minimum Gasteiger partial charge on any atom is -0.490 e. The zero-order valence-corrected chi connectivity index (χ0v) is 30.0. The van der Waals surface area contributed by atoms with Crippen LogP contribution in [-0.2, 0) is 21.3 Å². The molecule has 13 heteroatoms. The lowest BCUT2D eigenvalue weighted by Gasteiger charge is -2.36. The van der Waals surface area contributed by atoms with Gasteiger partial charge in [0.2, 0.25) is 0 Å². The number of nitrogens with zero attached hydrogens (tertiary/aromatic N) is 2. The second kappa shape index (κ2) is 17.1. The number of fused-ring (bicyclic) bond motifs is 1. The van der Waals surface area contributed by atoms with Gasteiger partial charge in [0.1, 0.15) is 11.6 Å². The smallest absolute Gasteiger partial charge is 0.261 e. The van der Waals surface area contributed by atoms with Gasteiger partial charge < -0.3 is 19.5 Å². The van der Waals surface area contributed by atoms with Gasteiger partial charge in [-0.2, -0.15) is 0 Å². The molecular formula is C35H44Cl2FN3O6S. The molecule has 262 valence electrons. The average Bonchev–Trinajstić information content (AvgIpc) is 3.04. The fourth-order valence-corrected chi connectivity index (χ4v) is 6.97. The van der Waals surface area contributed by atoms with Gasteiger partial charge in [0.25, 0.3) is 15.9 Å². The van der Waals surface area contributed by atoms with Crippen molar-refractivity contribution in [1.29, 1.82) is 0 Å². The molecule has 1 aliphatic heterocycles. The Hall–Kier alpha value is -2.93. The monoisotopic (exact) mass is 723 g/mol. The van der Waals surface area contributed by atoms with Crippen LogP contribution in [0.25, 0.3) is 0 Å². The Kier molecular flexibility index (Phi) is 13.5. The number of hydrogen-bond acceptors (Lipinski definition) is 7. The number of likely N-dealkylation sites (N-methyl/N-ethyl adjacent to an activating group) is 1. The van der Waals surface area contributed by atoms with Crippen molar-refractivity contribution in [3.8, 4) is 5.75 Å². The molecule has 0 spiro atoms. The van der Waals surface area contributed by atoms with Crippen molar-refractivity contribution < 1.29 is 32.2 Å². The number of rotatable bonds is 9. The number of hydrogen-bond donors (Lipinski definition) is 2. The normalized spacial score (nSPS) is 20.5. The summed E-state index contributed by atoms with van der Waals surface area (Å²) >= 11 is 12.4. The Morgan fingerprint density at radius 1 is 1.06 bits per heavy atom. The Morgan fingerprint density at radius 2 is 1.79 bits per heavy atom. The number of carbonyl (C=O) groups is 1. The summed E-state index contributed by atoms with van der Waals surface area (Å²) in [5.74, 6) is -0.819. The molecule has 0 bridgehead atoms. The third-order valence-electron chi connectivity index (χ3n) is 8.36. The SMILES string of the molecule is C[C@@H]1CCCCO[C@@H](CN(C)Cc2ccc(Cl)c(Cl)c2)[C@@H](C)CN([C@H](C)CO)C(=O)c2cc(NS(=O)(=O)c3ccc(F)cc3)ccc2O1. The predicted molar refractivity (Wildman–Crippen MR) is 187 cm³/mol. The van der Waals surface area contributed by atoms with E-state index in [1.54, 1.807) is 24.0 Å². The number of carbonyl (C=O) groups excluding carboxylic acids is 1. The molecular weight excluding hydrogens is 680 g/mol. The highest BCUT2D eigenvalue weighted by atomic mass is 35.5. The molecule has 0 radical (unpaired) electrons. The molecule has 3 aromatic carbocycles. The molecule has 1 aliphatic rings. The Balaban J connectivity index is 1.63. The molecule has 0 unspecified atom stereocenters. The first-order chi connectivity index (χ1) is 22.8. The first-order valence-electron chi connectivity index (χ1n) is 16.0. The molecule has 0 saturated carbocycles. The van der Waals surface area contributed by atoms with Gasteiger partial charge in [0.15, 0.2) is 0 Å². The van der Waals surface area contributed by atoms with E-state index in [1.807, 2.05) is 33.0 Å². The largest absolute Gasteiger partial charge is 0.490 e. The van der Waals surface area contributed by atoms with Crippen molar-refractivity contribution in [2.45, 2.75) is 69.7 Å². The number of sulfonamides is 1. The van der Waals surface area contributed by atoms with Crippen LogP contribution in [0.1, 0.15) is 56.0 Å². The molecule has 1 amide bonds. The van der Waals surface area contributed by atoms with E-state index in [2.05, 4.69) is 9.62 Å². The molecule has 4 atom stereocenters. The molecule has 0 saturated heterocycles. The lowest BCUT2D eigenvalue weighted by molar-refractivity contribution is -0.0177. The van der Waals surface area contributed by atoms with Crippen LogP contribution in [0.2, 0.25) is 10.0 Å². The van der Waals surface area contributed by atoms with Crippen LogP contribution in [0.3, 0.4) is 0 Å². The molecule has 4 rings (SSSR count). The van der Waals surface area contributed by atoms with Crippen LogP contribution in [0.15, 0.2) is 65.6 Å². The zero-order valence-electron chi connectivity index (χ0n) is 27.7. The Labute approximate surface area is 293 Å². The zero-order chi connectivity index (χ0) is 35.0. The van der Waals surface area contributed by atoms with Gasteiger partial charge in [-0.15, -0.1) is 0 Å². The summed E-state index contributed by atoms with van der Waals surface area (Å²) in [5.41, 5.74) is 1.29. The standard InChI is InChI=1S/C35H44Cl2FN3O6S/c1-23-19-41(24(2)22-42)35(43)30-18-28(39-48(44,45)29-12-9-27(38)10-13-29)11-15-33(30)47-25(3)7-5-6-16-46-34(23)21-40(4)20-26-8-14-31(36)32(37)17-26/h8-15,17-18,23-25,34,39,42H,5-7,16,19-22H2,1-4H3/t23-,24+,25+,34-/m0/s1. The lowest BCUT2D eigenvalue weighted by atomic mass is 10.0. The number of anilines is 1. The van der Waals surface area contributed by atoms with Crippen LogP contribution in [-0.4, -0.2) is 80.8 Å². The van der Waals surface area contributed by atoms with Gasteiger partial charge in [0.05, 0.1) is 45.4 Å². The first-order valence-corrected chi connectivity index (χ1v) is 18.3. The quantitative estimate of drug-likeness (QED) is 0.248. The third kappa shape index (κ3) is 10.3. The molecule has 1 heterocycles. The fraction of sp³-hybridized carbons (Fsp3) is 0.457. The van der Waals surface area contributed by atoms with Gasteiger partial charge in [-0.3, -0.25) is 14.4 Å². The summed E-state index contributed by atoms with van der Waals surface area (Å²) in [7, 11) is -2.09. The Bertz CT molecular complexity index is 1650. The summed E-state index contributed by atoms with van der Waals surface area (Å²) in [4.78, 5) is 17.9. The third-order valence-corrected chi connectivity index (χ3v) is 10.5. The maximum Gasteiger partial charge on any atom is 0.261 e. The molecule has 48 heavy (non-hydrogen) atoms. The molecule has 0 fully saturated rings. The van der Waals surface area contributed by atoms with E-state index in [1.165, 1.54) is 24.3 Å². The van der Waals surface area contributed by atoms with Gasteiger partial charge >= 0.3 is 0 Å². The summed E-state index contributed by atoms with van der Waals surface area (Å²) in [6, 6.07) is 14.0. The molecule has 0 aromatic heterocycles. The summed E-state index contributed by atoms with van der Waals surface area (Å²) < 4.78 is 54.8. The molecule has 2 N–H and O–H groups in total. The average molecular weight is 725 g/mol. The van der Waals surface area contributed by atoms with E-state index in [0.717, 1.165) is 30.5 Å². The number of aliphatic hydroxyl groups is 1. The van der Waals surface area contributed by atoms with Gasteiger partial charge in [-0.1, -0.05) is 36.2 Å². The second-order valence-electron chi connectivity index (χ2n) is 12.5. The lowest BCUT2D eigenvalue weighted by Crippen LogP contribution is -2.47. The minimum atomic E-state index is -4.08. The number of amides is 1. The van der Waals surface area contributed by atoms with Crippen molar-refractivity contribution in [1.82, 2.24) is 9.80 Å². The highest BCUT2D eigenvalue weighted by molar-refractivity contribution is 7.92. The number of ether oxygens (including phenoxy) is 2. The maximum absolute atomic E-state index is 14.4. The highest BCUT2D eigenvalue weighted by Gasteiger charge is 2.31. The number of halogens is 3. The fourth-order valence-electron chi connectivity index (χ4n) is 5.60.